The van der Waals surface area contributed by atoms with Gasteiger partial charge in [0.05, 0.1) is 18.5 Å². The van der Waals surface area contributed by atoms with Gasteiger partial charge in [-0.25, -0.2) is 0 Å². The minimum atomic E-state index is -0.244. The van der Waals surface area contributed by atoms with Crippen molar-refractivity contribution >= 4 is 16.9 Å². The summed E-state index contributed by atoms with van der Waals surface area (Å²) < 4.78 is 10.9. The van der Waals surface area contributed by atoms with Crippen LogP contribution in [0, 0.1) is 0 Å². The summed E-state index contributed by atoms with van der Waals surface area (Å²) in [5.41, 5.74) is 1.29. The number of methoxy groups -OCH3 is 1. The smallest absolute Gasteiger partial charge is 0.290 e. The van der Waals surface area contributed by atoms with Gasteiger partial charge < -0.3 is 14.1 Å². The lowest BCUT2D eigenvalue weighted by molar-refractivity contribution is 0.0704. The SMILES string of the molecule is COc1ccc(C2CCCN2C(=O)c2cc(=O)c3ccccc3o2)cc1. The normalized spacial score (nSPS) is 16.8. The molecule has 0 N–H and O–H groups in total. The fourth-order valence-electron chi connectivity index (χ4n) is 3.53. The van der Waals surface area contributed by atoms with Crippen LogP contribution in [0.4, 0.5) is 0 Å². The zero-order valence-corrected chi connectivity index (χ0v) is 14.5. The second-order valence-electron chi connectivity index (χ2n) is 6.40. The lowest BCUT2D eigenvalue weighted by Gasteiger charge is -2.24. The number of carbonyl (C=O) groups excluding carboxylic acids is 1. The summed E-state index contributed by atoms with van der Waals surface area (Å²) in [6.07, 6.45) is 1.80. The number of nitrogens with zero attached hydrogens (tertiary/aromatic N) is 1. The fourth-order valence-corrected chi connectivity index (χ4v) is 3.53. The number of hydrogen-bond donors (Lipinski definition) is 0. The summed E-state index contributed by atoms with van der Waals surface area (Å²) in [6.45, 7) is 0.645. The van der Waals surface area contributed by atoms with Gasteiger partial charge in [0.25, 0.3) is 5.91 Å². The molecule has 1 aliphatic heterocycles. The first-order chi connectivity index (χ1) is 12.7. The van der Waals surface area contributed by atoms with Crippen molar-refractivity contribution in [1.82, 2.24) is 4.90 Å². The lowest BCUT2D eigenvalue weighted by atomic mass is 10.0. The van der Waals surface area contributed by atoms with Crippen LogP contribution in [0.5, 0.6) is 5.75 Å². The lowest BCUT2D eigenvalue weighted by Crippen LogP contribution is -2.31. The predicted octanol–water partition coefficient (Wildman–Crippen LogP) is 3.78. The summed E-state index contributed by atoms with van der Waals surface area (Å²) >= 11 is 0. The largest absolute Gasteiger partial charge is 0.497 e. The van der Waals surface area contributed by atoms with Crippen LogP contribution in [0.1, 0.15) is 35.0 Å². The third-order valence-corrected chi connectivity index (χ3v) is 4.86. The van der Waals surface area contributed by atoms with E-state index in [0.717, 1.165) is 24.2 Å². The molecule has 1 saturated heterocycles. The molecule has 0 saturated carbocycles. The van der Waals surface area contributed by atoms with E-state index in [1.165, 1.54) is 6.07 Å². The van der Waals surface area contributed by atoms with E-state index >= 15 is 0 Å². The molecule has 1 aromatic heterocycles. The molecule has 26 heavy (non-hydrogen) atoms. The maximum Gasteiger partial charge on any atom is 0.290 e. The van der Waals surface area contributed by atoms with E-state index < -0.39 is 0 Å². The van der Waals surface area contributed by atoms with E-state index in [9.17, 15) is 9.59 Å². The molecule has 1 aliphatic rings. The number of amides is 1. The molecular weight excluding hydrogens is 330 g/mol. The van der Waals surface area contributed by atoms with Crippen molar-refractivity contribution in [2.75, 3.05) is 13.7 Å². The second-order valence-corrected chi connectivity index (χ2v) is 6.40. The minimum Gasteiger partial charge on any atom is -0.497 e. The standard InChI is InChI=1S/C21H19NO4/c1-25-15-10-8-14(9-11-15)17-6-4-12-22(17)21(24)20-13-18(23)16-5-2-3-7-19(16)26-20/h2-3,5,7-11,13,17H,4,6,12H2,1H3. The molecule has 4 rings (SSSR count). The number of hydrogen-bond acceptors (Lipinski definition) is 4. The maximum absolute atomic E-state index is 13.0. The third kappa shape index (κ3) is 2.86. The van der Waals surface area contributed by atoms with E-state index in [-0.39, 0.29) is 23.1 Å². The Labute approximate surface area is 150 Å². The molecule has 5 heteroatoms. The molecule has 0 radical (unpaired) electrons. The van der Waals surface area contributed by atoms with E-state index in [2.05, 4.69) is 0 Å². The topological polar surface area (TPSA) is 59.8 Å². The van der Waals surface area contributed by atoms with E-state index in [0.29, 0.717) is 17.5 Å². The highest BCUT2D eigenvalue weighted by Crippen LogP contribution is 2.34. The molecule has 5 nitrogen and oxygen atoms in total. The predicted molar refractivity (Wildman–Crippen MR) is 98.5 cm³/mol. The van der Waals surface area contributed by atoms with Crippen LogP contribution >= 0.6 is 0 Å². The van der Waals surface area contributed by atoms with Crippen LogP contribution in [-0.4, -0.2) is 24.5 Å². The minimum absolute atomic E-state index is 0.0230. The highest BCUT2D eigenvalue weighted by Gasteiger charge is 2.32. The molecule has 1 fully saturated rings. The van der Waals surface area contributed by atoms with Crippen molar-refractivity contribution in [3.05, 3.63) is 76.1 Å². The number of fused-ring (bicyclic) bond motifs is 1. The molecule has 0 bridgehead atoms. The van der Waals surface area contributed by atoms with Crippen molar-refractivity contribution in [3.8, 4) is 5.75 Å². The number of para-hydroxylation sites is 1. The van der Waals surface area contributed by atoms with Gasteiger partial charge in [-0.3, -0.25) is 9.59 Å². The highest BCUT2D eigenvalue weighted by atomic mass is 16.5. The highest BCUT2D eigenvalue weighted by molar-refractivity contribution is 5.93. The molecule has 3 aromatic rings. The first-order valence-corrected chi connectivity index (χ1v) is 8.65. The Morgan fingerprint density at radius 1 is 1.15 bits per heavy atom. The molecule has 1 amide bonds. The zero-order valence-electron chi connectivity index (χ0n) is 14.5. The van der Waals surface area contributed by atoms with Crippen LogP contribution in [0.3, 0.4) is 0 Å². The quantitative estimate of drug-likeness (QED) is 0.722. The Kier molecular flexibility index (Phi) is 4.21. The summed E-state index contributed by atoms with van der Waals surface area (Å²) in [5, 5.41) is 0.483. The van der Waals surface area contributed by atoms with Gasteiger partial charge in [-0.05, 0) is 42.7 Å². The average Bonchev–Trinajstić information content (AvgIpc) is 3.17. The van der Waals surface area contributed by atoms with Gasteiger partial charge in [0.1, 0.15) is 11.3 Å². The number of ether oxygens (including phenoxy) is 1. The van der Waals surface area contributed by atoms with Gasteiger partial charge in [0, 0.05) is 12.6 Å². The van der Waals surface area contributed by atoms with Crippen molar-refractivity contribution < 1.29 is 13.9 Å². The second kappa shape index (κ2) is 6.67. The molecule has 0 spiro atoms. The average molecular weight is 349 g/mol. The van der Waals surface area contributed by atoms with Crippen LogP contribution in [-0.2, 0) is 0 Å². The molecule has 2 aromatic carbocycles. The first kappa shape index (κ1) is 16.4. The Morgan fingerprint density at radius 3 is 2.69 bits per heavy atom. The molecule has 2 heterocycles. The first-order valence-electron chi connectivity index (χ1n) is 8.65. The fraction of sp³-hybridized carbons (Fsp3) is 0.238. The third-order valence-electron chi connectivity index (χ3n) is 4.86. The van der Waals surface area contributed by atoms with Crippen molar-refractivity contribution in [2.24, 2.45) is 0 Å². The Hall–Kier alpha value is -3.08. The van der Waals surface area contributed by atoms with Crippen LogP contribution in [0.2, 0.25) is 0 Å². The van der Waals surface area contributed by atoms with Crippen LogP contribution < -0.4 is 10.2 Å². The number of benzene rings is 2. The summed E-state index contributed by atoms with van der Waals surface area (Å²) in [6, 6.07) is 16.0. The van der Waals surface area contributed by atoms with E-state index in [1.807, 2.05) is 24.3 Å². The van der Waals surface area contributed by atoms with Crippen LogP contribution in [0.15, 0.2) is 63.8 Å². The van der Waals surface area contributed by atoms with Gasteiger partial charge in [0.15, 0.2) is 11.2 Å². The Balaban J connectivity index is 1.67. The molecular formula is C21H19NO4. The van der Waals surface area contributed by atoms with Gasteiger partial charge >= 0.3 is 0 Å². The monoisotopic (exact) mass is 349 g/mol. The van der Waals surface area contributed by atoms with Crippen LogP contribution in [0.25, 0.3) is 11.0 Å². The van der Waals surface area contributed by atoms with E-state index in [1.54, 1.807) is 36.3 Å². The van der Waals surface area contributed by atoms with Crippen molar-refractivity contribution in [2.45, 2.75) is 18.9 Å². The number of carbonyl (C=O) groups is 1. The molecule has 132 valence electrons. The van der Waals surface area contributed by atoms with Crippen molar-refractivity contribution in [1.29, 1.82) is 0 Å². The Morgan fingerprint density at radius 2 is 1.92 bits per heavy atom. The van der Waals surface area contributed by atoms with Gasteiger partial charge in [-0.15, -0.1) is 0 Å². The summed E-state index contributed by atoms with van der Waals surface area (Å²) in [4.78, 5) is 27.1. The summed E-state index contributed by atoms with van der Waals surface area (Å²) in [7, 11) is 1.63. The van der Waals surface area contributed by atoms with E-state index in [4.69, 9.17) is 9.15 Å². The Bertz CT molecular complexity index is 1010. The van der Waals surface area contributed by atoms with Gasteiger partial charge in [-0.1, -0.05) is 24.3 Å². The number of rotatable bonds is 3. The molecule has 1 unspecified atom stereocenters. The maximum atomic E-state index is 13.0. The number of likely N-dealkylation sites (tertiary alicyclic amines) is 1. The zero-order chi connectivity index (χ0) is 18.1. The van der Waals surface area contributed by atoms with Gasteiger partial charge in [-0.2, -0.15) is 0 Å². The molecule has 1 atom stereocenters. The van der Waals surface area contributed by atoms with Gasteiger partial charge in [0.2, 0.25) is 0 Å². The van der Waals surface area contributed by atoms with Crippen molar-refractivity contribution in [3.63, 3.8) is 0 Å². The molecule has 0 aliphatic carbocycles. The summed E-state index contributed by atoms with van der Waals surface area (Å²) in [5.74, 6) is 0.630.